The second-order valence-electron chi connectivity index (χ2n) is 10.4. The zero-order valence-corrected chi connectivity index (χ0v) is 26.7. The SMILES string of the molecule is CCCCOc1ccc(C(O)=C2C(=O)C(=O)N(c3nnc(SCc4ccccc4F)s3)[C@@H]2c2ccc(OCCCC)cc2)cc1. The maximum atomic E-state index is 14.2. The summed E-state index contributed by atoms with van der Waals surface area (Å²) in [6.45, 7) is 5.31. The summed E-state index contributed by atoms with van der Waals surface area (Å²) in [4.78, 5) is 28.4. The number of hydrogen-bond donors (Lipinski definition) is 1. The van der Waals surface area contributed by atoms with E-state index in [9.17, 15) is 19.1 Å². The smallest absolute Gasteiger partial charge is 0.301 e. The van der Waals surface area contributed by atoms with Gasteiger partial charge in [0.05, 0.1) is 24.8 Å². The van der Waals surface area contributed by atoms with E-state index >= 15 is 0 Å². The van der Waals surface area contributed by atoms with Crippen molar-refractivity contribution in [3.63, 3.8) is 0 Å². The van der Waals surface area contributed by atoms with E-state index in [0.29, 0.717) is 51.5 Å². The number of aromatic nitrogens is 2. The topological polar surface area (TPSA) is 102 Å². The van der Waals surface area contributed by atoms with Gasteiger partial charge in [-0.05, 0) is 66.4 Å². The number of benzene rings is 3. The number of Topliss-reactive ketones (excluding diaryl/α,β-unsaturated/α-hetero) is 1. The first-order chi connectivity index (χ1) is 21.9. The summed E-state index contributed by atoms with van der Waals surface area (Å²) in [6.07, 6.45) is 3.84. The van der Waals surface area contributed by atoms with Crippen molar-refractivity contribution in [2.75, 3.05) is 18.1 Å². The molecular formula is C34H34FN3O5S2. The number of thioether (sulfide) groups is 1. The Morgan fingerprint density at radius 3 is 2.16 bits per heavy atom. The number of nitrogens with zero attached hydrogens (tertiary/aromatic N) is 3. The van der Waals surface area contributed by atoms with E-state index in [1.807, 2.05) is 0 Å². The molecule has 1 atom stereocenters. The minimum absolute atomic E-state index is 0.0601. The third-order valence-corrected chi connectivity index (χ3v) is 9.32. The molecule has 1 aliphatic heterocycles. The van der Waals surface area contributed by atoms with Gasteiger partial charge in [-0.15, -0.1) is 10.2 Å². The van der Waals surface area contributed by atoms with Crippen LogP contribution >= 0.6 is 23.1 Å². The number of ether oxygens (including phenoxy) is 2. The average Bonchev–Trinajstić information content (AvgIpc) is 3.63. The molecule has 234 valence electrons. The molecule has 1 aromatic heterocycles. The molecule has 3 aromatic carbocycles. The van der Waals surface area contributed by atoms with Gasteiger partial charge in [-0.1, -0.05) is 80.1 Å². The van der Waals surface area contributed by atoms with Gasteiger partial charge in [0.1, 0.15) is 23.1 Å². The number of carbonyl (C=O) groups excluding carboxylic acids is 2. The van der Waals surface area contributed by atoms with Gasteiger partial charge in [0, 0.05) is 11.3 Å². The molecule has 1 N–H and O–H groups in total. The van der Waals surface area contributed by atoms with E-state index in [-0.39, 0.29) is 22.3 Å². The van der Waals surface area contributed by atoms with Crippen LogP contribution in [0.1, 0.15) is 62.3 Å². The summed E-state index contributed by atoms with van der Waals surface area (Å²) in [5.41, 5.74) is 1.42. The lowest BCUT2D eigenvalue weighted by Crippen LogP contribution is -2.29. The van der Waals surface area contributed by atoms with Gasteiger partial charge in [-0.3, -0.25) is 14.5 Å². The summed E-state index contributed by atoms with van der Waals surface area (Å²) in [6, 6.07) is 19.4. The van der Waals surface area contributed by atoms with E-state index in [2.05, 4.69) is 24.0 Å². The number of ketones is 1. The standard InChI is InChI=1S/C34H34FN3O5S2/c1-3-5-19-42-25-15-11-22(12-16-25)29-28(30(39)23-13-17-26(18-14-23)43-20-6-4-2)31(40)32(41)38(29)33-36-37-34(45-33)44-21-24-9-7-8-10-27(24)35/h7-18,29,39H,3-6,19-21H2,1-2H3/t29-/m1/s1. The first-order valence-electron chi connectivity index (χ1n) is 14.9. The van der Waals surface area contributed by atoms with Crippen LogP contribution in [0.15, 0.2) is 82.7 Å². The predicted molar refractivity (Wildman–Crippen MR) is 174 cm³/mol. The highest BCUT2D eigenvalue weighted by atomic mass is 32.2. The first-order valence-corrected chi connectivity index (χ1v) is 16.7. The number of unbranched alkanes of at least 4 members (excludes halogenated alkanes) is 2. The fraction of sp³-hybridized carbons (Fsp3) is 0.294. The highest BCUT2D eigenvalue weighted by molar-refractivity contribution is 8.00. The van der Waals surface area contributed by atoms with E-state index in [1.165, 1.54) is 22.7 Å². The molecule has 1 saturated heterocycles. The summed E-state index contributed by atoms with van der Waals surface area (Å²) in [5, 5.41) is 20.1. The number of hydrogen-bond acceptors (Lipinski definition) is 9. The number of amides is 1. The van der Waals surface area contributed by atoms with Gasteiger partial charge in [-0.25, -0.2) is 4.39 Å². The van der Waals surface area contributed by atoms with Gasteiger partial charge < -0.3 is 14.6 Å². The third-order valence-electron chi connectivity index (χ3n) is 7.21. The van der Waals surface area contributed by atoms with Crippen molar-refractivity contribution in [2.24, 2.45) is 0 Å². The van der Waals surface area contributed by atoms with Crippen LogP contribution in [0.4, 0.5) is 9.52 Å². The molecule has 0 bridgehead atoms. The molecule has 45 heavy (non-hydrogen) atoms. The number of aliphatic hydroxyl groups is 1. The maximum Gasteiger partial charge on any atom is 0.301 e. The Hall–Kier alpha value is -4.22. The molecule has 1 fully saturated rings. The highest BCUT2D eigenvalue weighted by Crippen LogP contribution is 2.44. The minimum atomic E-state index is -0.965. The number of rotatable bonds is 14. The summed E-state index contributed by atoms with van der Waals surface area (Å²) in [7, 11) is 0. The Kier molecular flexibility index (Phi) is 10.9. The van der Waals surface area contributed by atoms with Gasteiger partial charge >= 0.3 is 5.91 Å². The Balaban J connectivity index is 1.48. The van der Waals surface area contributed by atoms with Crippen molar-refractivity contribution in [2.45, 2.75) is 55.7 Å². The fourth-order valence-corrected chi connectivity index (χ4v) is 6.59. The van der Waals surface area contributed by atoms with Crippen LogP contribution in [0.3, 0.4) is 0 Å². The molecule has 2 heterocycles. The van der Waals surface area contributed by atoms with Crippen LogP contribution in [0, 0.1) is 5.82 Å². The average molecular weight is 648 g/mol. The molecule has 4 aromatic rings. The second kappa shape index (κ2) is 15.2. The normalized spacial score (nSPS) is 15.9. The van der Waals surface area contributed by atoms with Crippen molar-refractivity contribution in [1.82, 2.24) is 10.2 Å². The molecule has 0 aliphatic carbocycles. The number of anilines is 1. The Morgan fingerprint density at radius 1 is 0.911 bits per heavy atom. The van der Waals surface area contributed by atoms with Gasteiger partial charge in [0.25, 0.3) is 5.78 Å². The van der Waals surface area contributed by atoms with Crippen LogP contribution in [0.25, 0.3) is 5.76 Å². The van der Waals surface area contributed by atoms with Crippen molar-refractivity contribution in [3.8, 4) is 11.5 Å². The number of halogens is 1. The van der Waals surface area contributed by atoms with Crippen LogP contribution in [0.2, 0.25) is 0 Å². The molecule has 0 spiro atoms. The zero-order valence-electron chi connectivity index (χ0n) is 25.1. The third kappa shape index (κ3) is 7.54. The van der Waals surface area contributed by atoms with Gasteiger partial charge in [-0.2, -0.15) is 0 Å². The van der Waals surface area contributed by atoms with Crippen LogP contribution < -0.4 is 14.4 Å². The monoisotopic (exact) mass is 647 g/mol. The van der Waals surface area contributed by atoms with Crippen molar-refractivity contribution < 1.29 is 28.6 Å². The molecular weight excluding hydrogens is 614 g/mol. The molecule has 5 rings (SSSR count). The van der Waals surface area contributed by atoms with E-state index in [4.69, 9.17) is 9.47 Å². The molecule has 0 unspecified atom stereocenters. The quantitative estimate of drug-likeness (QED) is 0.0368. The predicted octanol–water partition coefficient (Wildman–Crippen LogP) is 7.95. The summed E-state index contributed by atoms with van der Waals surface area (Å²) in [5.74, 6) is -0.659. The molecule has 1 aliphatic rings. The van der Waals surface area contributed by atoms with E-state index in [0.717, 1.165) is 37.0 Å². The Morgan fingerprint density at radius 2 is 1.53 bits per heavy atom. The van der Waals surface area contributed by atoms with Crippen LogP contribution in [-0.4, -0.2) is 40.2 Å². The lowest BCUT2D eigenvalue weighted by molar-refractivity contribution is -0.132. The first kappa shape index (κ1) is 32.2. The van der Waals surface area contributed by atoms with E-state index < -0.39 is 17.7 Å². The summed E-state index contributed by atoms with van der Waals surface area (Å²) >= 11 is 2.40. The Bertz CT molecular complexity index is 1660. The van der Waals surface area contributed by atoms with Crippen LogP contribution in [0.5, 0.6) is 11.5 Å². The maximum absolute atomic E-state index is 14.2. The molecule has 1 amide bonds. The minimum Gasteiger partial charge on any atom is -0.507 e. The number of aliphatic hydroxyl groups excluding tert-OH is 1. The van der Waals surface area contributed by atoms with Gasteiger partial charge in [0.15, 0.2) is 4.34 Å². The molecule has 0 saturated carbocycles. The summed E-state index contributed by atoms with van der Waals surface area (Å²) < 4.78 is 26.2. The zero-order chi connectivity index (χ0) is 31.8. The number of carbonyl (C=O) groups is 2. The fourth-order valence-electron chi connectivity index (χ4n) is 4.74. The van der Waals surface area contributed by atoms with Crippen LogP contribution in [-0.2, 0) is 15.3 Å². The lowest BCUT2D eigenvalue weighted by atomic mass is 9.95. The Labute approximate surface area is 269 Å². The second-order valence-corrected chi connectivity index (χ2v) is 12.6. The lowest BCUT2D eigenvalue weighted by Gasteiger charge is -2.22. The molecule has 11 heteroatoms. The van der Waals surface area contributed by atoms with Crippen molar-refractivity contribution in [3.05, 3.63) is 101 Å². The highest BCUT2D eigenvalue weighted by Gasteiger charge is 2.48. The van der Waals surface area contributed by atoms with Crippen molar-refractivity contribution >= 4 is 45.7 Å². The largest absolute Gasteiger partial charge is 0.507 e. The van der Waals surface area contributed by atoms with Crippen molar-refractivity contribution in [1.29, 1.82) is 0 Å². The van der Waals surface area contributed by atoms with Gasteiger partial charge in [0.2, 0.25) is 5.13 Å². The van der Waals surface area contributed by atoms with E-state index in [1.54, 1.807) is 66.7 Å². The molecule has 8 nitrogen and oxygen atoms in total. The molecule has 0 radical (unpaired) electrons.